The number of rotatable bonds is 2. The predicted molar refractivity (Wildman–Crippen MR) is 48.2 cm³/mol. The molecule has 0 bridgehead atoms. The summed E-state index contributed by atoms with van der Waals surface area (Å²) in [5, 5.41) is 9.70. The highest BCUT2D eigenvalue weighted by Crippen LogP contribution is 2.16. The van der Waals surface area contributed by atoms with Crippen molar-refractivity contribution in [3.63, 3.8) is 0 Å². The number of hydrogen-bond acceptors (Lipinski definition) is 3. The lowest BCUT2D eigenvalue weighted by Crippen LogP contribution is -2.51. The highest BCUT2D eigenvalue weighted by molar-refractivity contribution is 4.83. The molecule has 0 aromatic rings. The summed E-state index contributed by atoms with van der Waals surface area (Å²) in [6.07, 6.45) is -0.0359. The standard InChI is InChI=1S/C9H19NO2/c1-4-10-5-6-12-8(7-10)9(2,3)11/h8,11H,4-7H2,1-3H3. The van der Waals surface area contributed by atoms with Crippen LogP contribution in [0.25, 0.3) is 0 Å². The van der Waals surface area contributed by atoms with E-state index in [0.717, 1.165) is 26.2 Å². The summed E-state index contributed by atoms with van der Waals surface area (Å²) in [6.45, 7) is 9.35. The van der Waals surface area contributed by atoms with Crippen LogP contribution in [0.5, 0.6) is 0 Å². The predicted octanol–water partition coefficient (Wildman–Crippen LogP) is 0.478. The lowest BCUT2D eigenvalue weighted by Gasteiger charge is -2.38. The molecule has 3 heteroatoms. The van der Waals surface area contributed by atoms with Gasteiger partial charge in [0.05, 0.1) is 18.3 Å². The molecule has 0 aromatic heterocycles. The first kappa shape index (κ1) is 9.96. The van der Waals surface area contributed by atoms with Crippen molar-refractivity contribution >= 4 is 0 Å². The second kappa shape index (κ2) is 3.73. The quantitative estimate of drug-likeness (QED) is 0.659. The summed E-state index contributed by atoms with van der Waals surface area (Å²) in [5.41, 5.74) is -0.714. The van der Waals surface area contributed by atoms with Crippen LogP contribution < -0.4 is 0 Å². The third-order valence-corrected chi connectivity index (χ3v) is 2.39. The van der Waals surface area contributed by atoms with Crippen molar-refractivity contribution in [3.8, 4) is 0 Å². The van der Waals surface area contributed by atoms with Crippen LogP contribution in [-0.2, 0) is 4.74 Å². The summed E-state index contributed by atoms with van der Waals surface area (Å²) < 4.78 is 5.48. The summed E-state index contributed by atoms with van der Waals surface area (Å²) >= 11 is 0. The van der Waals surface area contributed by atoms with E-state index in [1.807, 2.05) is 0 Å². The van der Waals surface area contributed by atoms with Crippen LogP contribution in [0.1, 0.15) is 20.8 Å². The van der Waals surface area contributed by atoms with Gasteiger partial charge >= 0.3 is 0 Å². The van der Waals surface area contributed by atoms with Crippen LogP contribution in [0.15, 0.2) is 0 Å². The van der Waals surface area contributed by atoms with Crippen molar-refractivity contribution in [3.05, 3.63) is 0 Å². The fourth-order valence-corrected chi connectivity index (χ4v) is 1.42. The zero-order chi connectivity index (χ0) is 9.19. The number of likely N-dealkylation sites (N-methyl/N-ethyl adjacent to an activating group) is 1. The van der Waals surface area contributed by atoms with Gasteiger partial charge in [-0.05, 0) is 20.4 Å². The lowest BCUT2D eigenvalue weighted by atomic mass is 10.0. The molecule has 0 amide bonds. The summed E-state index contributed by atoms with van der Waals surface area (Å²) in [5.74, 6) is 0. The smallest absolute Gasteiger partial charge is 0.0983 e. The van der Waals surface area contributed by atoms with Crippen LogP contribution in [0.3, 0.4) is 0 Å². The SMILES string of the molecule is CCN1CCOC(C(C)(C)O)C1. The maximum Gasteiger partial charge on any atom is 0.0983 e. The highest BCUT2D eigenvalue weighted by Gasteiger charge is 2.31. The number of hydrogen-bond donors (Lipinski definition) is 1. The highest BCUT2D eigenvalue weighted by atomic mass is 16.5. The van der Waals surface area contributed by atoms with Gasteiger partial charge in [-0.15, -0.1) is 0 Å². The van der Waals surface area contributed by atoms with Gasteiger partial charge < -0.3 is 9.84 Å². The van der Waals surface area contributed by atoms with Crippen LogP contribution in [0.2, 0.25) is 0 Å². The lowest BCUT2D eigenvalue weighted by molar-refractivity contribution is -0.126. The van der Waals surface area contributed by atoms with Crippen molar-refractivity contribution < 1.29 is 9.84 Å². The molecule has 0 radical (unpaired) electrons. The van der Waals surface area contributed by atoms with Gasteiger partial charge in [0.1, 0.15) is 0 Å². The van der Waals surface area contributed by atoms with Crippen LogP contribution >= 0.6 is 0 Å². The van der Waals surface area contributed by atoms with Crippen molar-refractivity contribution in [2.24, 2.45) is 0 Å². The molecule has 3 nitrogen and oxygen atoms in total. The van der Waals surface area contributed by atoms with E-state index in [9.17, 15) is 5.11 Å². The minimum absolute atomic E-state index is 0.0359. The molecule has 1 fully saturated rings. The van der Waals surface area contributed by atoms with Crippen LogP contribution in [-0.4, -0.2) is 48.0 Å². The number of morpholine rings is 1. The van der Waals surface area contributed by atoms with Crippen LogP contribution in [0, 0.1) is 0 Å². The van der Waals surface area contributed by atoms with Gasteiger partial charge in [0.2, 0.25) is 0 Å². The zero-order valence-electron chi connectivity index (χ0n) is 8.21. The van der Waals surface area contributed by atoms with Gasteiger partial charge in [-0.2, -0.15) is 0 Å². The molecule has 0 aromatic carbocycles. The first-order chi connectivity index (χ1) is 5.54. The molecule has 1 atom stereocenters. The number of ether oxygens (including phenoxy) is 1. The van der Waals surface area contributed by atoms with Crippen molar-refractivity contribution in [2.75, 3.05) is 26.2 Å². The van der Waals surface area contributed by atoms with E-state index in [-0.39, 0.29) is 6.10 Å². The Labute approximate surface area is 74.3 Å². The van der Waals surface area contributed by atoms with E-state index in [1.54, 1.807) is 13.8 Å². The fourth-order valence-electron chi connectivity index (χ4n) is 1.42. The van der Waals surface area contributed by atoms with Gasteiger partial charge in [-0.3, -0.25) is 4.90 Å². The summed E-state index contributed by atoms with van der Waals surface area (Å²) in [7, 11) is 0. The van der Waals surface area contributed by atoms with Crippen molar-refractivity contribution in [1.82, 2.24) is 4.90 Å². The molecule has 12 heavy (non-hydrogen) atoms. The second-order valence-corrected chi connectivity index (χ2v) is 3.91. The molecule has 1 rings (SSSR count). The Morgan fingerprint density at radius 3 is 2.75 bits per heavy atom. The average Bonchev–Trinajstić information content (AvgIpc) is 2.03. The third kappa shape index (κ3) is 2.44. The Bertz CT molecular complexity index is 142. The molecule has 1 unspecified atom stereocenters. The zero-order valence-corrected chi connectivity index (χ0v) is 8.21. The number of aliphatic hydroxyl groups is 1. The first-order valence-corrected chi connectivity index (χ1v) is 4.60. The van der Waals surface area contributed by atoms with E-state index >= 15 is 0 Å². The van der Waals surface area contributed by atoms with E-state index in [0.29, 0.717) is 0 Å². The van der Waals surface area contributed by atoms with Gasteiger partial charge in [0.25, 0.3) is 0 Å². The maximum absolute atomic E-state index is 9.70. The normalized spacial score (nSPS) is 27.5. The first-order valence-electron chi connectivity index (χ1n) is 4.60. The summed E-state index contributed by atoms with van der Waals surface area (Å²) in [4.78, 5) is 2.30. The van der Waals surface area contributed by atoms with Gasteiger partial charge in [-0.25, -0.2) is 0 Å². The minimum atomic E-state index is -0.714. The molecule has 72 valence electrons. The minimum Gasteiger partial charge on any atom is -0.388 e. The van der Waals surface area contributed by atoms with Crippen LogP contribution in [0.4, 0.5) is 0 Å². The van der Waals surface area contributed by atoms with E-state index in [1.165, 1.54) is 0 Å². The monoisotopic (exact) mass is 173 g/mol. The Kier molecular flexibility index (Phi) is 3.09. The molecule has 1 saturated heterocycles. The molecule has 1 N–H and O–H groups in total. The summed E-state index contributed by atoms with van der Waals surface area (Å²) in [6, 6.07) is 0. The maximum atomic E-state index is 9.70. The molecule has 0 aliphatic carbocycles. The topological polar surface area (TPSA) is 32.7 Å². The molecule has 1 aliphatic rings. The van der Waals surface area contributed by atoms with Crippen molar-refractivity contribution in [1.29, 1.82) is 0 Å². The fraction of sp³-hybridized carbons (Fsp3) is 1.00. The molecule has 1 aliphatic heterocycles. The van der Waals surface area contributed by atoms with Gasteiger partial charge in [-0.1, -0.05) is 6.92 Å². The Balaban J connectivity index is 2.46. The van der Waals surface area contributed by atoms with Crippen molar-refractivity contribution in [2.45, 2.75) is 32.5 Å². The van der Waals surface area contributed by atoms with E-state index in [2.05, 4.69) is 11.8 Å². The Morgan fingerprint density at radius 1 is 1.58 bits per heavy atom. The molecule has 0 saturated carbocycles. The molecule has 1 heterocycles. The van der Waals surface area contributed by atoms with E-state index in [4.69, 9.17) is 4.74 Å². The Hall–Kier alpha value is -0.120. The number of nitrogens with zero attached hydrogens (tertiary/aromatic N) is 1. The van der Waals surface area contributed by atoms with Gasteiger partial charge in [0.15, 0.2) is 0 Å². The Morgan fingerprint density at radius 2 is 2.25 bits per heavy atom. The molecular weight excluding hydrogens is 154 g/mol. The van der Waals surface area contributed by atoms with Gasteiger partial charge in [0, 0.05) is 13.1 Å². The molecule has 0 spiro atoms. The average molecular weight is 173 g/mol. The third-order valence-electron chi connectivity index (χ3n) is 2.39. The second-order valence-electron chi connectivity index (χ2n) is 3.91. The van der Waals surface area contributed by atoms with E-state index < -0.39 is 5.60 Å². The largest absolute Gasteiger partial charge is 0.388 e. The molecular formula is C9H19NO2.